The molecule has 1 aliphatic heterocycles. The molecule has 3 saturated carbocycles. The van der Waals surface area contributed by atoms with Gasteiger partial charge in [0.25, 0.3) is 0 Å². The van der Waals surface area contributed by atoms with Gasteiger partial charge in [-0.2, -0.15) is 0 Å². The zero-order chi connectivity index (χ0) is 15.1. The third kappa shape index (κ3) is 1.64. The highest BCUT2D eigenvalue weighted by Gasteiger charge is 2.58. The van der Waals surface area contributed by atoms with E-state index in [1.807, 2.05) is 0 Å². The molecule has 0 amide bonds. The van der Waals surface area contributed by atoms with Crippen molar-refractivity contribution in [1.82, 2.24) is 19.7 Å². The van der Waals surface area contributed by atoms with Crippen molar-refractivity contribution in [3.63, 3.8) is 0 Å². The van der Waals surface area contributed by atoms with E-state index in [2.05, 4.69) is 40.1 Å². The van der Waals surface area contributed by atoms with Crippen LogP contribution in [0, 0.1) is 11.8 Å². The van der Waals surface area contributed by atoms with E-state index in [9.17, 15) is 0 Å². The number of fused-ring (bicyclic) bond motifs is 1. The molecule has 0 saturated heterocycles. The van der Waals surface area contributed by atoms with Crippen LogP contribution in [0.15, 0.2) is 12.3 Å². The van der Waals surface area contributed by atoms with Crippen molar-refractivity contribution in [3.05, 3.63) is 23.9 Å². The van der Waals surface area contributed by atoms with Crippen LogP contribution < -0.4 is 0 Å². The molecule has 0 radical (unpaired) electrons. The van der Waals surface area contributed by atoms with E-state index in [1.165, 1.54) is 55.7 Å². The highest BCUT2D eigenvalue weighted by molar-refractivity contribution is 5.69. The van der Waals surface area contributed by atoms with Crippen molar-refractivity contribution in [2.24, 2.45) is 11.8 Å². The molecule has 1 aromatic rings. The summed E-state index contributed by atoms with van der Waals surface area (Å²) in [5, 5.41) is 9.20. The second-order valence-electron chi connectivity index (χ2n) is 7.78. The van der Waals surface area contributed by atoms with E-state index in [1.54, 1.807) is 0 Å². The van der Waals surface area contributed by atoms with E-state index >= 15 is 0 Å². The molecule has 2 heterocycles. The predicted octanol–water partition coefficient (Wildman–Crippen LogP) is 3.62. The third-order valence-corrected chi connectivity index (χ3v) is 6.24. The van der Waals surface area contributed by atoms with Crippen LogP contribution in [0.5, 0.6) is 0 Å². The Kier molecular flexibility index (Phi) is 2.37. The maximum absolute atomic E-state index is 4.65. The molecule has 0 aromatic carbocycles. The molecule has 3 fully saturated rings. The standard InChI is InChI=1S/C18H24N4/c1-11-12(2)22-16(13(3)21(11)10-14-4-5-14)19-20-17(22)18(8-9-18)15-6-7-15/h14-15H,3-10H2,1-2H3. The molecule has 4 nitrogen and oxygen atoms in total. The van der Waals surface area contributed by atoms with Crippen molar-refractivity contribution >= 4 is 11.4 Å². The third-order valence-electron chi connectivity index (χ3n) is 6.24. The van der Waals surface area contributed by atoms with Gasteiger partial charge in [-0.05, 0) is 64.2 Å². The molecule has 1 aromatic heterocycles. The smallest absolute Gasteiger partial charge is 0.184 e. The topological polar surface area (TPSA) is 34.0 Å². The maximum atomic E-state index is 4.65. The van der Waals surface area contributed by atoms with Gasteiger partial charge in [0.05, 0.1) is 5.70 Å². The lowest BCUT2D eigenvalue weighted by atomic mass is 9.99. The molecule has 4 heteroatoms. The summed E-state index contributed by atoms with van der Waals surface area (Å²) in [6, 6.07) is 0. The lowest BCUT2D eigenvalue weighted by Crippen LogP contribution is -2.30. The number of hydrogen-bond donors (Lipinski definition) is 0. The van der Waals surface area contributed by atoms with E-state index in [0.29, 0.717) is 5.41 Å². The Morgan fingerprint density at radius 3 is 2.41 bits per heavy atom. The zero-order valence-electron chi connectivity index (χ0n) is 13.6. The SMILES string of the molecule is C=C1c2nnc(C3(C4CC4)CC3)n2C(C)=C(C)N1CC1CC1. The second-order valence-corrected chi connectivity index (χ2v) is 7.78. The van der Waals surface area contributed by atoms with Gasteiger partial charge in [0.15, 0.2) is 5.82 Å². The van der Waals surface area contributed by atoms with Crippen LogP contribution in [0.25, 0.3) is 11.4 Å². The summed E-state index contributed by atoms with van der Waals surface area (Å²) in [6.07, 6.45) is 8.05. The van der Waals surface area contributed by atoms with Gasteiger partial charge in [-0.25, -0.2) is 0 Å². The summed E-state index contributed by atoms with van der Waals surface area (Å²) in [4.78, 5) is 2.37. The van der Waals surface area contributed by atoms with E-state index in [0.717, 1.165) is 29.9 Å². The Morgan fingerprint density at radius 1 is 1.09 bits per heavy atom. The molecule has 22 heavy (non-hydrogen) atoms. The fourth-order valence-electron chi connectivity index (χ4n) is 4.18. The number of allylic oxidation sites excluding steroid dienone is 2. The maximum Gasteiger partial charge on any atom is 0.184 e. The molecule has 5 rings (SSSR count). The summed E-state index contributed by atoms with van der Waals surface area (Å²) in [6.45, 7) is 9.89. The minimum Gasteiger partial charge on any atom is -0.341 e. The molecule has 0 bridgehead atoms. The van der Waals surface area contributed by atoms with Gasteiger partial charge in [0.1, 0.15) is 5.82 Å². The van der Waals surface area contributed by atoms with Gasteiger partial charge in [0.2, 0.25) is 0 Å². The minimum absolute atomic E-state index is 0.339. The van der Waals surface area contributed by atoms with Crippen LogP contribution in [0.1, 0.15) is 64.0 Å². The Labute approximate surface area is 131 Å². The van der Waals surface area contributed by atoms with Crippen molar-refractivity contribution in [1.29, 1.82) is 0 Å². The number of aromatic nitrogens is 3. The van der Waals surface area contributed by atoms with Crippen LogP contribution in [0.2, 0.25) is 0 Å². The molecule has 3 aliphatic carbocycles. The largest absolute Gasteiger partial charge is 0.341 e. The molecule has 0 atom stereocenters. The van der Waals surface area contributed by atoms with Gasteiger partial charge in [0, 0.05) is 23.4 Å². The molecule has 0 N–H and O–H groups in total. The van der Waals surface area contributed by atoms with E-state index < -0.39 is 0 Å². The Hall–Kier alpha value is -1.58. The van der Waals surface area contributed by atoms with Gasteiger partial charge in [-0.15, -0.1) is 10.2 Å². The van der Waals surface area contributed by atoms with Crippen molar-refractivity contribution < 1.29 is 0 Å². The first kappa shape index (κ1) is 12.9. The quantitative estimate of drug-likeness (QED) is 0.851. The van der Waals surface area contributed by atoms with E-state index in [-0.39, 0.29) is 0 Å². The first-order chi connectivity index (χ1) is 10.6. The fraction of sp³-hybridized carbons (Fsp3) is 0.667. The molecular formula is C18H24N4. The zero-order valence-corrected chi connectivity index (χ0v) is 13.6. The summed E-state index contributed by atoms with van der Waals surface area (Å²) >= 11 is 0. The fourth-order valence-corrected chi connectivity index (χ4v) is 4.18. The van der Waals surface area contributed by atoms with Gasteiger partial charge >= 0.3 is 0 Å². The highest BCUT2D eigenvalue weighted by atomic mass is 15.4. The highest BCUT2D eigenvalue weighted by Crippen LogP contribution is 2.62. The average Bonchev–Trinajstić information content (AvgIpc) is 3.33. The molecule has 0 unspecified atom stereocenters. The normalized spacial score (nSPS) is 26.5. The number of hydrogen-bond acceptors (Lipinski definition) is 3. The van der Waals surface area contributed by atoms with Gasteiger partial charge in [-0.3, -0.25) is 4.57 Å². The lowest BCUT2D eigenvalue weighted by Gasteiger charge is -2.34. The predicted molar refractivity (Wildman–Crippen MR) is 86.7 cm³/mol. The van der Waals surface area contributed by atoms with Crippen molar-refractivity contribution in [3.8, 4) is 0 Å². The number of nitrogens with zero attached hydrogens (tertiary/aromatic N) is 4. The number of rotatable bonds is 4. The summed E-state index contributed by atoms with van der Waals surface area (Å²) < 4.78 is 2.33. The minimum atomic E-state index is 0.339. The summed E-state index contributed by atoms with van der Waals surface area (Å²) in [7, 11) is 0. The Bertz CT molecular complexity index is 699. The van der Waals surface area contributed by atoms with Crippen LogP contribution in [-0.4, -0.2) is 26.2 Å². The Morgan fingerprint density at radius 2 is 1.82 bits per heavy atom. The van der Waals surface area contributed by atoms with Gasteiger partial charge < -0.3 is 4.90 Å². The Balaban J connectivity index is 1.60. The molecule has 0 spiro atoms. The summed E-state index contributed by atoms with van der Waals surface area (Å²) in [5.41, 5.74) is 4.01. The molecule has 116 valence electrons. The first-order valence-electron chi connectivity index (χ1n) is 8.72. The summed E-state index contributed by atoms with van der Waals surface area (Å²) in [5.74, 6) is 3.89. The van der Waals surface area contributed by atoms with Crippen LogP contribution in [0.4, 0.5) is 0 Å². The van der Waals surface area contributed by atoms with Crippen molar-refractivity contribution in [2.45, 2.75) is 57.8 Å². The van der Waals surface area contributed by atoms with Crippen LogP contribution >= 0.6 is 0 Å². The average molecular weight is 296 g/mol. The van der Waals surface area contributed by atoms with Crippen molar-refractivity contribution in [2.75, 3.05) is 6.54 Å². The first-order valence-corrected chi connectivity index (χ1v) is 8.72. The molecule has 4 aliphatic rings. The van der Waals surface area contributed by atoms with Gasteiger partial charge in [-0.1, -0.05) is 6.58 Å². The second kappa shape index (κ2) is 4.03. The monoisotopic (exact) mass is 296 g/mol. The van der Waals surface area contributed by atoms with Crippen LogP contribution in [-0.2, 0) is 5.41 Å². The lowest BCUT2D eigenvalue weighted by molar-refractivity contribution is 0.446. The van der Waals surface area contributed by atoms with E-state index in [4.69, 9.17) is 0 Å². The molecular weight excluding hydrogens is 272 g/mol. The van der Waals surface area contributed by atoms with Crippen LogP contribution in [0.3, 0.4) is 0 Å².